The Kier molecular flexibility index (Phi) is 5.30. The molecule has 0 unspecified atom stereocenters. The van der Waals surface area contributed by atoms with Gasteiger partial charge < -0.3 is 5.32 Å². The van der Waals surface area contributed by atoms with E-state index in [4.69, 9.17) is 5.26 Å². The molecule has 0 heterocycles. The molecule has 3 heteroatoms. The topological polar surface area (TPSA) is 35.8 Å². The normalized spacial score (nSPS) is 13.1. The lowest BCUT2D eigenvalue weighted by atomic mass is 9.87. The van der Waals surface area contributed by atoms with Gasteiger partial charge >= 0.3 is 0 Å². The third-order valence-electron chi connectivity index (χ3n) is 3.17. The molecule has 1 rings (SSSR count). The van der Waals surface area contributed by atoms with E-state index in [9.17, 15) is 4.39 Å². The summed E-state index contributed by atoms with van der Waals surface area (Å²) in [5.74, 6) is -0.208. The van der Waals surface area contributed by atoms with Gasteiger partial charge in [0.2, 0.25) is 0 Å². The van der Waals surface area contributed by atoms with E-state index >= 15 is 0 Å². The first-order valence-electron chi connectivity index (χ1n) is 6.30. The van der Waals surface area contributed by atoms with Crippen molar-refractivity contribution in [2.75, 3.05) is 6.54 Å². The molecule has 0 aliphatic heterocycles. The lowest BCUT2D eigenvalue weighted by molar-refractivity contribution is 0.304. The molecule has 0 aliphatic rings. The zero-order valence-electron chi connectivity index (χ0n) is 11.3. The van der Waals surface area contributed by atoms with Crippen molar-refractivity contribution in [1.82, 2.24) is 5.32 Å². The second-order valence-corrected chi connectivity index (χ2v) is 5.48. The van der Waals surface area contributed by atoms with Crippen LogP contribution in [-0.4, -0.2) is 6.54 Å². The van der Waals surface area contributed by atoms with Crippen LogP contribution < -0.4 is 5.32 Å². The molecule has 0 fully saturated rings. The number of nitrogens with one attached hydrogen (secondary N) is 1. The summed E-state index contributed by atoms with van der Waals surface area (Å²) in [4.78, 5) is 0. The molecule has 2 nitrogen and oxygen atoms in total. The van der Waals surface area contributed by atoms with Gasteiger partial charge in [0.1, 0.15) is 5.82 Å². The monoisotopic (exact) mass is 248 g/mol. The SMILES string of the molecule is C[C@H](NCC(C)(C)CCC#N)c1ccc(F)cc1. The van der Waals surface area contributed by atoms with Crippen LogP contribution in [0.2, 0.25) is 0 Å². The van der Waals surface area contributed by atoms with Gasteiger partial charge in [-0.25, -0.2) is 4.39 Å². The van der Waals surface area contributed by atoms with Gasteiger partial charge in [-0.15, -0.1) is 0 Å². The summed E-state index contributed by atoms with van der Waals surface area (Å²) in [7, 11) is 0. The first-order chi connectivity index (χ1) is 8.44. The number of halogens is 1. The standard InChI is InChI=1S/C15H21FN2/c1-12(13-5-7-14(16)8-6-13)18-11-15(2,3)9-4-10-17/h5-8,12,18H,4,9,11H2,1-3H3/t12-/m0/s1. The second kappa shape index (κ2) is 6.51. The number of benzene rings is 1. The molecule has 0 radical (unpaired) electrons. The Hall–Kier alpha value is -1.40. The highest BCUT2D eigenvalue weighted by atomic mass is 19.1. The molecule has 0 saturated carbocycles. The molecule has 0 aromatic heterocycles. The van der Waals surface area contributed by atoms with E-state index in [0.29, 0.717) is 6.42 Å². The zero-order chi connectivity index (χ0) is 13.6. The molecule has 0 aliphatic carbocycles. The zero-order valence-corrected chi connectivity index (χ0v) is 11.3. The van der Waals surface area contributed by atoms with Crippen LogP contribution in [0.3, 0.4) is 0 Å². The van der Waals surface area contributed by atoms with E-state index in [1.165, 1.54) is 12.1 Å². The Bertz CT molecular complexity index is 403. The maximum absolute atomic E-state index is 12.8. The highest BCUT2D eigenvalue weighted by Crippen LogP contribution is 2.22. The van der Waals surface area contributed by atoms with E-state index in [2.05, 4.69) is 32.2 Å². The number of hydrogen-bond acceptors (Lipinski definition) is 2. The molecular weight excluding hydrogens is 227 g/mol. The van der Waals surface area contributed by atoms with Gasteiger partial charge in [-0.2, -0.15) is 5.26 Å². The Labute approximate surface area is 109 Å². The van der Waals surface area contributed by atoms with Crippen LogP contribution in [0, 0.1) is 22.6 Å². The quantitative estimate of drug-likeness (QED) is 0.831. The summed E-state index contributed by atoms with van der Waals surface area (Å²) in [6, 6.07) is 8.93. The Morgan fingerprint density at radius 2 is 1.94 bits per heavy atom. The first kappa shape index (κ1) is 14.7. The molecular formula is C15H21FN2. The van der Waals surface area contributed by atoms with E-state index in [1.54, 1.807) is 12.1 Å². The van der Waals surface area contributed by atoms with Crippen LogP contribution in [-0.2, 0) is 0 Å². The Balaban J connectivity index is 2.48. The van der Waals surface area contributed by atoms with Gasteiger partial charge in [0.25, 0.3) is 0 Å². The number of nitriles is 1. The second-order valence-electron chi connectivity index (χ2n) is 5.48. The van der Waals surface area contributed by atoms with Crippen molar-refractivity contribution in [3.63, 3.8) is 0 Å². The third kappa shape index (κ3) is 4.85. The molecule has 1 aromatic carbocycles. The fraction of sp³-hybridized carbons (Fsp3) is 0.533. The Morgan fingerprint density at radius 3 is 2.50 bits per heavy atom. The predicted octanol–water partition coefficient (Wildman–Crippen LogP) is 3.81. The average Bonchev–Trinajstić information content (AvgIpc) is 2.35. The van der Waals surface area contributed by atoms with Crippen molar-refractivity contribution in [2.24, 2.45) is 5.41 Å². The Morgan fingerprint density at radius 1 is 1.33 bits per heavy atom. The van der Waals surface area contributed by atoms with Crippen molar-refractivity contribution in [1.29, 1.82) is 5.26 Å². The van der Waals surface area contributed by atoms with Gasteiger partial charge in [0.05, 0.1) is 6.07 Å². The number of rotatable bonds is 6. The van der Waals surface area contributed by atoms with Gasteiger partial charge in [-0.05, 0) is 36.5 Å². The van der Waals surface area contributed by atoms with Gasteiger partial charge in [-0.3, -0.25) is 0 Å². The van der Waals surface area contributed by atoms with Crippen LogP contribution >= 0.6 is 0 Å². The summed E-state index contributed by atoms with van der Waals surface area (Å²) in [5.41, 5.74) is 1.18. The van der Waals surface area contributed by atoms with Crippen LogP contribution in [0.15, 0.2) is 24.3 Å². The fourth-order valence-corrected chi connectivity index (χ4v) is 1.78. The first-order valence-corrected chi connectivity index (χ1v) is 6.30. The molecule has 98 valence electrons. The largest absolute Gasteiger partial charge is 0.310 e. The maximum Gasteiger partial charge on any atom is 0.123 e. The van der Waals surface area contributed by atoms with Gasteiger partial charge in [0, 0.05) is 19.0 Å². The highest BCUT2D eigenvalue weighted by molar-refractivity contribution is 5.19. The maximum atomic E-state index is 12.8. The molecule has 0 amide bonds. The highest BCUT2D eigenvalue weighted by Gasteiger charge is 2.18. The predicted molar refractivity (Wildman–Crippen MR) is 71.4 cm³/mol. The lowest BCUT2D eigenvalue weighted by Gasteiger charge is -2.26. The molecule has 18 heavy (non-hydrogen) atoms. The summed E-state index contributed by atoms with van der Waals surface area (Å²) in [6.45, 7) is 7.20. The summed E-state index contributed by atoms with van der Waals surface area (Å²) in [5, 5.41) is 12.0. The van der Waals surface area contributed by atoms with Gasteiger partial charge in [-0.1, -0.05) is 26.0 Å². The molecule has 1 aromatic rings. The third-order valence-corrected chi connectivity index (χ3v) is 3.17. The minimum atomic E-state index is -0.208. The average molecular weight is 248 g/mol. The minimum Gasteiger partial charge on any atom is -0.310 e. The van der Waals surface area contributed by atoms with E-state index in [0.717, 1.165) is 18.5 Å². The number of nitrogens with zero attached hydrogens (tertiary/aromatic N) is 1. The van der Waals surface area contributed by atoms with Gasteiger partial charge in [0.15, 0.2) is 0 Å². The van der Waals surface area contributed by atoms with Crippen molar-refractivity contribution in [3.05, 3.63) is 35.6 Å². The van der Waals surface area contributed by atoms with E-state index < -0.39 is 0 Å². The molecule has 1 N–H and O–H groups in total. The van der Waals surface area contributed by atoms with Crippen molar-refractivity contribution < 1.29 is 4.39 Å². The van der Waals surface area contributed by atoms with Crippen molar-refractivity contribution >= 4 is 0 Å². The summed E-state index contributed by atoms with van der Waals surface area (Å²) < 4.78 is 12.8. The van der Waals surface area contributed by atoms with Crippen molar-refractivity contribution in [3.8, 4) is 6.07 Å². The van der Waals surface area contributed by atoms with Crippen LogP contribution in [0.1, 0.15) is 45.2 Å². The molecule has 0 bridgehead atoms. The fourth-order valence-electron chi connectivity index (χ4n) is 1.78. The summed E-state index contributed by atoms with van der Waals surface area (Å²) >= 11 is 0. The van der Waals surface area contributed by atoms with E-state index in [1.807, 2.05) is 0 Å². The van der Waals surface area contributed by atoms with Crippen molar-refractivity contribution in [2.45, 2.75) is 39.7 Å². The minimum absolute atomic E-state index is 0.101. The number of hydrogen-bond donors (Lipinski definition) is 1. The van der Waals surface area contributed by atoms with E-state index in [-0.39, 0.29) is 17.3 Å². The van der Waals surface area contributed by atoms with Crippen LogP contribution in [0.5, 0.6) is 0 Å². The molecule has 1 atom stereocenters. The smallest absolute Gasteiger partial charge is 0.123 e. The van der Waals surface area contributed by atoms with Crippen LogP contribution in [0.4, 0.5) is 4.39 Å². The molecule has 0 saturated heterocycles. The van der Waals surface area contributed by atoms with Crippen LogP contribution in [0.25, 0.3) is 0 Å². The lowest BCUT2D eigenvalue weighted by Crippen LogP contribution is -2.31. The molecule has 0 spiro atoms. The summed E-state index contributed by atoms with van der Waals surface area (Å²) in [6.07, 6.45) is 1.46.